The van der Waals surface area contributed by atoms with Crippen molar-refractivity contribution in [2.24, 2.45) is 4.90 Å². The van der Waals surface area contributed by atoms with Crippen molar-refractivity contribution in [1.29, 1.82) is 0 Å². The van der Waals surface area contributed by atoms with Crippen molar-refractivity contribution in [2.45, 2.75) is 85.0 Å². The Bertz CT molecular complexity index is 683. The molecule has 0 aliphatic rings. The standard InChI is InChI=1S/C14H56B15FN14/c15-1(16)31-9(32-2(17)18)40-12(41-10(33-3(19)20)34-4(21)22)38-8(30)39-13(43-14(44-29)37-7(27)28)42-11(35-5(23)24)36-6(25)26/h1-14,29,31-43H,15-28H2. The van der Waals surface area contributed by atoms with Gasteiger partial charge in [-0.3, -0.25) is 0 Å². The van der Waals surface area contributed by atoms with Crippen molar-refractivity contribution in [1.82, 2.24) is 69.1 Å². The van der Waals surface area contributed by atoms with E-state index in [-0.39, 0.29) is 59.8 Å². The first kappa shape index (κ1) is 44.2. The summed E-state index contributed by atoms with van der Waals surface area (Å²) in [6.45, 7) is 0. The summed E-state index contributed by atoms with van der Waals surface area (Å²) in [5.74, 6) is 1.23. The Balaban J connectivity index is 6.14. The maximum absolute atomic E-state index is 16.1. The third-order valence-electron chi connectivity index (χ3n) is 5.62. The molecule has 234 valence electrons. The second-order valence-electron chi connectivity index (χ2n) is 13.4. The molecule has 0 heterocycles. The fraction of sp³-hybridized carbons (Fsp3) is 1.00. The summed E-state index contributed by atoms with van der Waals surface area (Å²) in [4.78, 5) is 4.16. The predicted octanol–water partition coefficient (Wildman–Crippen LogP) is -20.5. The molecule has 44 heavy (non-hydrogen) atoms. The molecule has 0 aliphatic carbocycles. The predicted molar refractivity (Wildman–Crippen MR) is 224 cm³/mol. The first-order chi connectivity index (χ1) is 20.4. The number of alkyl halides is 1. The molecule has 14 nitrogen and oxygen atoms in total. The van der Waals surface area contributed by atoms with Crippen LogP contribution in [0.4, 0.5) is 4.39 Å². The fourth-order valence-corrected chi connectivity index (χ4v) is 4.19. The Morgan fingerprint density at radius 2 is 0.568 bits per heavy atom. The Morgan fingerprint density at radius 3 is 0.795 bits per heavy atom. The van der Waals surface area contributed by atoms with Crippen LogP contribution >= 0.6 is 0 Å². The Labute approximate surface area is 280 Å². The number of hydrogen-bond acceptors (Lipinski definition) is 14. The molecule has 0 rings (SSSR count). The summed E-state index contributed by atoms with van der Waals surface area (Å²) in [5.41, 5.74) is 0. The molecule has 3 unspecified atom stereocenters. The van der Waals surface area contributed by atoms with Gasteiger partial charge in [0.05, 0.1) is 0 Å². The number of hydrogen-bond donors (Lipinski definition) is 13. The van der Waals surface area contributed by atoms with Gasteiger partial charge in [0.1, 0.15) is 62.8 Å². The van der Waals surface area contributed by atoms with Crippen molar-refractivity contribution in [3.05, 3.63) is 0 Å². The van der Waals surface area contributed by atoms with Crippen molar-refractivity contribution in [3.63, 3.8) is 0 Å². The molecule has 3 atom stereocenters. The Kier molecular flexibility index (Phi) is 24.4. The topological polar surface area (TPSA) is 169 Å². The van der Waals surface area contributed by atoms with E-state index in [0.717, 1.165) is 0 Å². The van der Waals surface area contributed by atoms with E-state index in [1.165, 1.54) is 0 Å². The van der Waals surface area contributed by atoms with E-state index in [2.05, 4.69) is 176 Å². The Hall–Kier alpha value is 0.184. The molecule has 0 saturated carbocycles. The molecule has 0 aromatic carbocycles. The number of rotatable bonds is 27. The molecule has 13 N–H and O–H groups in total. The third kappa shape index (κ3) is 24.4. The Morgan fingerprint density at radius 1 is 0.341 bits per heavy atom. The summed E-state index contributed by atoms with van der Waals surface area (Å²) in [6.07, 6.45) is -4.53. The molecular formula is C14H56B15FN14. The van der Waals surface area contributed by atoms with E-state index >= 15 is 4.39 Å². The molecule has 0 bridgehead atoms. The van der Waals surface area contributed by atoms with Crippen LogP contribution in [0, 0.1) is 0 Å². The normalized spacial score (nSPS) is 14.9. The number of halogens is 1. The number of nitrogens with one attached hydrogen (secondary N) is 13. The van der Waals surface area contributed by atoms with Crippen LogP contribution in [0.25, 0.3) is 0 Å². The summed E-state index contributed by atoms with van der Waals surface area (Å²) in [7, 11) is 32.5. The molecule has 0 aromatic rings. The average Bonchev–Trinajstić information content (AvgIpc) is 2.80. The van der Waals surface area contributed by atoms with Gasteiger partial charge in [-0.15, -0.1) is 0 Å². The monoisotopic (exact) mass is 605 g/mol. The van der Waals surface area contributed by atoms with Gasteiger partial charge in [0, 0.05) is 0 Å². The molecule has 30 heteroatoms. The van der Waals surface area contributed by atoms with Crippen LogP contribution in [0.3, 0.4) is 0 Å². The van der Waals surface area contributed by atoms with Crippen molar-refractivity contribution in [3.8, 4) is 0 Å². The van der Waals surface area contributed by atoms with Gasteiger partial charge in [0.25, 0.3) is 0 Å². The first-order valence-electron chi connectivity index (χ1n) is 16.4. The fourth-order valence-electron chi connectivity index (χ4n) is 4.19. The molecule has 0 amide bonds. The van der Waals surface area contributed by atoms with E-state index in [1.807, 2.05) is 15.7 Å². The van der Waals surface area contributed by atoms with E-state index in [0.29, 0.717) is 0 Å². The van der Waals surface area contributed by atoms with Crippen LogP contribution in [-0.4, -0.2) is 203 Å². The zero-order valence-electron chi connectivity index (χ0n) is 30.1. The van der Waals surface area contributed by atoms with Gasteiger partial charge in [-0.05, 0) is 0 Å². The van der Waals surface area contributed by atoms with Crippen molar-refractivity contribution >= 4 is 117 Å². The van der Waals surface area contributed by atoms with E-state index in [9.17, 15) is 0 Å². The summed E-state index contributed by atoms with van der Waals surface area (Å²) in [5, 5.41) is 43.7. The first-order valence-corrected chi connectivity index (χ1v) is 16.4. The molecular weight excluding hydrogens is 545 g/mol. The van der Waals surface area contributed by atoms with Crippen molar-refractivity contribution < 1.29 is 4.39 Å². The molecule has 0 fully saturated rings. The van der Waals surface area contributed by atoms with Crippen LogP contribution in [0.1, 0.15) is 0 Å². The average molecular weight is 602 g/mol. The second kappa shape index (κ2) is 24.3. The van der Waals surface area contributed by atoms with Gasteiger partial charge >= 0.3 is 218 Å². The van der Waals surface area contributed by atoms with Crippen LogP contribution in [-0.2, 0) is 0 Å². The molecule has 0 saturated heterocycles. The molecule has 0 spiro atoms. The zero-order valence-corrected chi connectivity index (χ0v) is 30.1. The number of nitrogens with zero attached hydrogens (tertiary/aromatic N) is 1. The van der Waals surface area contributed by atoms with E-state index < -0.39 is 25.3 Å². The molecule has 0 radical (unpaired) electrons. The van der Waals surface area contributed by atoms with Gasteiger partial charge in [-0.1, -0.05) is 0 Å². The van der Waals surface area contributed by atoms with Crippen LogP contribution in [0.5, 0.6) is 0 Å². The van der Waals surface area contributed by atoms with Crippen LogP contribution in [0.15, 0.2) is 4.90 Å². The second-order valence-corrected chi connectivity index (χ2v) is 13.4. The van der Waals surface area contributed by atoms with Gasteiger partial charge in [0.2, 0.25) is 0 Å². The maximum atomic E-state index is 16.1. The molecule has 0 aromatic heterocycles. The molecule has 0 aliphatic heterocycles. The van der Waals surface area contributed by atoms with Gasteiger partial charge < -0.3 is 0 Å². The third-order valence-corrected chi connectivity index (χ3v) is 5.62. The SMILES string of the molecule is B=NC(NC(B)B)NC(NC(F)NC(NC(NC(B)B)NC(B)B)NC(NC(B)B)NC(B)B)NC(NC(B)B)NC(B)B. The minimum absolute atomic E-state index is 0.131. The quantitative estimate of drug-likeness (QED) is 0.0244. The van der Waals surface area contributed by atoms with Gasteiger partial charge in [-0.25, -0.2) is 0 Å². The van der Waals surface area contributed by atoms with Crippen LogP contribution in [0.2, 0.25) is 0 Å². The summed E-state index contributed by atoms with van der Waals surface area (Å²) in [6, 6.07) is 0. The van der Waals surface area contributed by atoms with Crippen LogP contribution < -0.4 is 69.1 Å². The van der Waals surface area contributed by atoms with Gasteiger partial charge in [-0.2, -0.15) is 0 Å². The van der Waals surface area contributed by atoms with E-state index in [4.69, 9.17) is 0 Å². The minimum atomic E-state index is -1.66. The summed E-state index contributed by atoms with van der Waals surface area (Å²) >= 11 is 0. The van der Waals surface area contributed by atoms with E-state index in [1.54, 1.807) is 0 Å². The van der Waals surface area contributed by atoms with Crippen molar-refractivity contribution in [2.75, 3.05) is 0 Å². The summed E-state index contributed by atoms with van der Waals surface area (Å²) < 4.78 is 16.1. The van der Waals surface area contributed by atoms with Gasteiger partial charge in [0.15, 0.2) is 0 Å². The zero-order chi connectivity index (χ0) is 34.0.